The molecular weight excluding hydrogens is 342 g/mol. The van der Waals surface area contributed by atoms with Gasteiger partial charge in [-0.2, -0.15) is 12.7 Å². The molecule has 0 unspecified atom stereocenters. The van der Waals surface area contributed by atoms with Crippen LogP contribution in [0.4, 0.5) is 11.4 Å². The molecule has 136 valence electrons. The number of nitrogens with zero attached hydrogens (tertiary/aromatic N) is 1. The van der Waals surface area contributed by atoms with Crippen molar-refractivity contribution in [1.82, 2.24) is 4.31 Å². The minimum atomic E-state index is -3.60. The molecule has 0 radical (unpaired) electrons. The largest absolute Gasteiger partial charge is 0.456 e. The van der Waals surface area contributed by atoms with Crippen molar-refractivity contribution in [3.8, 4) is 0 Å². The molecule has 2 aromatic rings. The molecule has 1 aromatic carbocycles. The van der Waals surface area contributed by atoms with Gasteiger partial charge >= 0.3 is 10.2 Å². The Hall–Kier alpha value is -2.32. The van der Waals surface area contributed by atoms with Crippen LogP contribution in [0.25, 0.3) is 0 Å². The molecule has 8 heteroatoms. The van der Waals surface area contributed by atoms with E-state index in [-0.39, 0.29) is 11.7 Å². The summed E-state index contributed by atoms with van der Waals surface area (Å²) in [5.41, 5.74) is 0.817. The summed E-state index contributed by atoms with van der Waals surface area (Å²) in [4.78, 5) is 12.3. The fourth-order valence-electron chi connectivity index (χ4n) is 2.11. The van der Waals surface area contributed by atoms with Gasteiger partial charge in [0.2, 0.25) is 0 Å². The Kier molecular flexibility index (Phi) is 5.86. The number of anilines is 2. The average molecular weight is 365 g/mol. The van der Waals surface area contributed by atoms with Crippen LogP contribution in [-0.2, 0) is 16.6 Å². The van der Waals surface area contributed by atoms with E-state index in [0.717, 1.165) is 16.5 Å². The molecule has 2 N–H and O–H groups in total. The van der Waals surface area contributed by atoms with Gasteiger partial charge in [-0.15, -0.1) is 0 Å². The summed E-state index contributed by atoms with van der Waals surface area (Å²) in [7, 11) is -0.744. The predicted molar refractivity (Wildman–Crippen MR) is 97.9 cm³/mol. The van der Waals surface area contributed by atoms with Gasteiger partial charge in [-0.1, -0.05) is 19.9 Å². The van der Waals surface area contributed by atoms with Gasteiger partial charge in [-0.3, -0.25) is 9.52 Å². The number of carbonyl (C=O) groups excluding carboxylic acids is 1. The highest BCUT2D eigenvalue weighted by Gasteiger charge is 2.15. The number of carbonyl (C=O) groups is 1. The van der Waals surface area contributed by atoms with Crippen LogP contribution in [0.5, 0.6) is 0 Å². The van der Waals surface area contributed by atoms with E-state index >= 15 is 0 Å². The van der Waals surface area contributed by atoms with E-state index in [0.29, 0.717) is 17.3 Å². The molecule has 0 saturated carbocycles. The number of amides is 1. The highest BCUT2D eigenvalue weighted by atomic mass is 32.2. The van der Waals surface area contributed by atoms with Gasteiger partial charge in [0.1, 0.15) is 5.76 Å². The molecule has 0 aliphatic heterocycles. The van der Waals surface area contributed by atoms with Crippen LogP contribution in [0.2, 0.25) is 0 Å². The number of rotatable bonds is 7. The highest BCUT2D eigenvalue weighted by molar-refractivity contribution is 7.90. The van der Waals surface area contributed by atoms with E-state index in [1.807, 2.05) is 0 Å². The molecule has 1 amide bonds. The number of furan rings is 1. The fourth-order valence-corrected chi connectivity index (χ4v) is 2.71. The van der Waals surface area contributed by atoms with Crippen molar-refractivity contribution in [3.63, 3.8) is 0 Å². The van der Waals surface area contributed by atoms with Crippen LogP contribution in [0.15, 0.2) is 40.8 Å². The summed E-state index contributed by atoms with van der Waals surface area (Å²) < 4.78 is 32.7. The smallest absolute Gasteiger partial charge is 0.301 e. The van der Waals surface area contributed by atoms with Crippen molar-refractivity contribution in [2.24, 2.45) is 5.92 Å². The molecule has 0 atom stereocenters. The van der Waals surface area contributed by atoms with Gasteiger partial charge < -0.3 is 9.73 Å². The first kappa shape index (κ1) is 19.0. The standard InChI is InChI=1S/C17H23N3O4S/c1-12(2)10-15-8-9-16(24-15)17(21)18-13-6-5-7-14(11-13)19-25(22,23)20(3)4/h5-9,11-12,19H,10H2,1-4H3,(H,18,21). The lowest BCUT2D eigenvalue weighted by Crippen LogP contribution is -2.28. The third-order valence-electron chi connectivity index (χ3n) is 3.34. The Morgan fingerprint density at radius 1 is 1.16 bits per heavy atom. The molecule has 0 spiro atoms. The van der Waals surface area contributed by atoms with E-state index in [9.17, 15) is 13.2 Å². The van der Waals surface area contributed by atoms with E-state index in [1.165, 1.54) is 20.2 Å². The second-order valence-electron chi connectivity index (χ2n) is 6.29. The average Bonchev–Trinajstić information content (AvgIpc) is 2.94. The van der Waals surface area contributed by atoms with E-state index < -0.39 is 10.2 Å². The highest BCUT2D eigenvalue weighted by Crippen LogP contribution is 2.19. The Morgan fingerprint density at radius 3 is 2.48 bits per heavy atom. The van der Waals surface area contributed by atoms with Gasteiger partial charge in [0.25, 0.3) is 5.91 Å². The van der Waals surface area contributed by atoms with Gasteiger partial charge in [0.15, 0.2) is 5.76 Å². The zero-order valence-corrected chi connectivity index (χ0v) is 15.6. The Bertz CT molecular complexity index is 841. The maximum Gasteiger partial charge on any atom is 0.301 e. The quantitative estimate of drug-likeness (QED) is 0.789. The first-order valence-electron chi connectivity index (χ1n) is 7.88. The van der Waals surface area contributed by atoms with Crippen LogP contribution < -0.4 is 10.0 Å². The van der Waals surface area contributed by atoms with Crippen LogP contribution >= 0.6 is 0 Å². The monoisotopic (exact) mass is 365 g/mol. The molecular formula is C17H23N3O4S. The predicted octanol–water partition coefficient (Wildman–Crippen LogP) is 2.95. The first-order valence-corrected chi connectivity index (χ1v) is 9.32. The maximum atomic E-state index is 12.3. The molecule has 0 aliphatic rings. The lowest BCUT2D eigenvalue weighted by atomic mass is 10.1. The fraction of sp³-hybridized carbons (Fsp3) is 0.353. The van der Waals surface area contributed by atoms with Gasteiger partial charge in [-0.25, -0.2) is 0 Å². The zero-order valence-electron chi connectivity index (χ0n) is 14.7. The molecule has 7 nitrogen and oxygen atoms in total. The van der Waals surface area contributed by atoms with Crippen LogP contribution in [0, 0.1) is 5.92 Å². The molecule has 0 fully saturated rings. The molecule has 0 bridgehead atoms. The van der Waals surface area contributed by atoms with Crippen molar-refractivity contribution >= 4 is 27.5 Å². The molecule has 1 heterocycles. The summed E-state index contributed by atoms with van der Waals surface area (Å²) in [6.07, 6.45) is 0.759. The second kappa shape index (κ2) is 7.71. The Labute approximate surface area is 148 Å². The number of nitrogens with one attached hydrogen (secondary N) is 2. The van der Waals surface area contributed by atoms with Crippen molar-refractivity contribution in [1.29, 1.82) is 0 Å². The topological polar surface area (TPSA) is 91.7 Å². The van der Waals surface area contributed by atoms with E-state index in [4.69, 9.17) is 4.42 Å². The SMILES string of the molecule is CC(C)Cc1ccc(C(=O)Nc2cccc(NS(=O)(=O)N(C)C)c2)o1. The van der Waals surface area contributed by atoms with Crippen molar-refractivity contribution in [2.45, 2.75) is 20.3 Å². The summed E-state index contributed by atoms with van der Waals surface area (Å²) in [5, 5.41) is 2.70. The summed E-state index contributed by atoms with van der Waals surface area (Å²) >= 11 is 0. The molecule has 2 rings (SSSR count). The zero-order chi connectivity index (χ0) is 18.6. The number of hydrogen-bond donors (Lipinski definition) is 2. The lowest BCUT2D eigenvalue weighted by molar-refractivity contribution is 0.0994. The Morgan fingerprint density at radius 2 is 1.84 bits per heavy atom. The van der Waals surface area contributed by atoms with Crippen molar-refractivity contribution in [3.05, 3.63) is 47.9 Å². The maximum absolute atomic E-state index is 12.3. The van der Waals surface area contributed by atoms with E-state index in [1.54, 1.807) is 30.3 Å². The lowest BCUT2D eigenvalue weighted by Gasteiger charge is -2.14. The molecule has 25 heavy (non-hydrogen) atoms. The number of benzene rings is 1. The van der Waals surface area contributed by atoms with Gasteiger partial charge in [-0.05, 0) is 36.2 Å². The normalized spacial score (nSPS) is 11.8. The van der Waals surface area contributed by atoms with E-state index in [2.05, 4.69) is 23.9 Å². The van der Waals surface area contributed by atoms with Crippen molar-refractivity contribution in [2.75, 3.05) is 24.1 Å². The van der Waals surface area contributed by atoms with Gasteiger partial charge in [0.05, 0.1) is 5.69 Å². The summed E-state index contributed by atoms with van der Waals surface area (Å²) in [6.45, 7) is 4.14. The van der Waals surface area contributed by atoms with Crippen molar-refractivity contribution < 1.29 is 17.6 Å². The second-order valence-corrected chi connectivity index (χ2v) is 8.17. The van der Waals surface area contributed by atoms with Crippen LogP contribution in [-0.4, -0.2) is 32.7 Å². The van der Waals surface area contributed by atoms with Crippen LogP contribution in [0.3, 0.4) is 0 Å². The van der Waals surface area contributed by atoms with Gasteiger partial charge in [0, 0.05) is 26.2 Å². The molecule has 0 saturated heterocycles. The minimum absolute atomic E-state index is 0.218. The number of hydrogen-bond acceptors (Lipinski definition) is 4. The molecule has 0 aliphatic carbocycles. The van der Waals surface area contributed by atoms with Crippen LogP contribution in [0.1, 0.15) is 30.2 Å². The third kappa shape index (κ3) is 5.33. The minimum Gasteiger partial charge on any atom is -0.456 e. The Balaban J connectivity index is 2.09. The molecule has 1 aromatic heterocycles. The third-order valence-corrected chi connectivity index (χ3v) is 4.80. The summed E-state index contributed by atoms with van der Waals surface area (Å²) in [6, 6.07) is 9.88. The first-order chi connectivity index (χ1) is 11.7. The summed E-state index contributed by atoms with van der Waals surface area (Å²) in [5.74, 6) is 1.02.